The molecule has 0 spiro atoms. The molecule has 0 aliphatic heterocycles. The van der Waals surface area contributed by atoms with Crippen molar-refractivity contribution in [2.75, 3.05) is 0 Å². The summed E-state index contributed by atoms with van der Waals surface area (Å²) in [5.41, 5.74) is 1.48. The monoisotopic (exact) mass is 520 g/mol. The summed E-state index contributed by atoms with van der Waals surface area (Å²) in [5.74, 6) is -0.596. The van der Waals surface area contributed by atoms with Gasteiger partial charge < -0.3 is 19.5 Å². The molecule has 4 rings (SSSR count). The number of ether oxygens (including phenoxy) is 3. The maximum atomic E-state index is 13.2. The molecule has 1 amide bonds. The van der Waals surface area contributed by atoms with Crippen LogP contribution in [0, 0.1) is 0 Å². The third kappa shape index (κ3) is 7.37. The summed E-state index contributed by atoms with van der Waals surface area (Å²) in [6.07, 6.45) is 5.55. The van der Waals surface area contributed by atoms with Gasteiger partial charge in [-0.05, 0) is 63.6 Å². The van der Waals surface area contributed by atoms with Crippen LogP contribution in [-0.4, -0.2) is 40.5 Å². The molecule has 2 aromatic carbocycles. The van der Waals surface area contributed by atoms with E-state index in [9.17, 15) is 14.4 Å². The van der Waals surface area contributed by atoms with Crippen LogP contribution in [0.5, 0.6) is 0 Å². The fourth-order valence-electron chi connectivity index (χ4n) is 4.64. The molecule has 0 radical (unpaired) electrons. The van der Waals surface area contributed by atoms with Crippen molar-refractivity contribution in [3.05, 3.63) is 71.9 Å². The first-order valence-electron chi connectivity index (χ1n) is 13.2. The van der Waals surface area contributed by atoms with Gasteiger partial charge in [0.2, 0.25) is 0 Å². The highest BCUT2D eigenvalue weighted by Crippen LogP contribution is 2.26. The number of carbonyl (C=O) groups is 3. The van der Waals surface area contributed by atoms with Gasteiger partial charge in [-0.15, -0.1) is 0 Å². The number of aromatic nitrogens is 1. The number of benzene rings is 2. The number of amides is 1. The Morgan fingerprint density at radius 1 is 0.974 bits per heavy atom. The van der Waals surface area contributed by atoms with Crippen LogP contribution in [0.15, 0.2) is 60.8 Å². The number of nitrogens with one attached hydrogen (secondary N) is 1. The molecule has 202 valence electrons. The first-order valence-corrected chi connectivity index (χ1v) is 13.2. The second kappa shape index (κ2) is 12.2. The Hall–Kier alpha value is -3.81. The summed E-state index contributed by atoms with van der Waals surface area (Å²) in [7, 11) is 0. The zero-order chi connectivity index (χ0) is 27.1. The van der Waals surface area contributed by atoms with E-state index in [-0.39, 0.29) is 19.1 Å². The van der Waals surface area contributed by atoms with Crippen LogP contribution in [0.2, 0.25) is 0 Å². The Morgan fingerprint density at radius 3 is 2.37 bits per heavy atom. The molecule has 8 heteroatoms. The molecule has 8 nitrogen and oxygen atoms in total. The summed E-state index contributed by atoms with van der Waals surface area (Å²) >= 11 is 0. The number of rotatable bonds is 7. The SMILES string of the molecule is CC(C)(C)OC(=O)N[C@@H](Cc1cn(C(=O)OC2CCCCC2)c2ccccc12)C(=O)OCc1ccccc1. The van der Waals surface area contributed by atoms with Crippen molar-refractivity contribution in [1.29, 1.82) is 0 Å². The van der Waals surface area contributed by atoms with E-state index in [1.165, 1.54) is 4.57 Å². The van der Waals surface area contributed by atoms with Gasteiger partial charge in [0.25, 0.3) is 0 Å². The number of carbonyl (C=O) groups excluding carboxylic acids is 3. The van der Waals surface area contributed by atoms with E-state index in [1.807, 2.05) is 54.6 Å². The minimum atomic E-state index is -1.03. The van der Waals surface area contributed by atoms with Crippen molar-refractivity contribution in [2.45, 2.75) is 83.6 Å². The van der Waals surface area contributed by atoms with Crippen molar-refractivity contribution < 1.29 is 28.6 Å². The van der Waals surface area contributed by atoms with Gasteiger partial charge in [0.1, 0.15) is 24.4 Å². The lowest BCUT2D eigenvalue weighted by Gasteiger charge is -2.23. The molecule has 1 heterocycles. The fraction of sp³-hybridized carbons (Fsp3) is 0.433. The van der Waals surface area contributed by atoms with Gasteiger partial charge in [-0.3, -0.25) is 4.57 Å². The topological polar surface area (TPSA) is 95.9 Å². The quantitative estimate of drug-likeness (QED) is 0.297. The Bertz CT molecular complexity index is 1250. The summed E-state index contributed by atoms with van der Waals surface area (Å²) in [5, 5.41) is 3.46. The van der Waals surface area contributed by atoms with Gasteiger partial charge in [-0.1, -0.05) is 55.0 Å². The van der Waals surface area contributed by atoms with Gasteiger partial charge in [0.15, 0.2) is 0 Å². The maximum absolute atomic E-state index is 13.2. The average Bonchev–Trinajstić information content (AvgIpc) is 3.25. The molecule has 0 bridgehead atoms. The predicted molar refractivity (Wildman–Crippen MR) is 144 cm³/mol. The number of nitrogens with zero attached hydrogens (tertiary/aromatic N) is 1. The van der Waals surface area contributed by atoms with Gasteiger partial charge in [0, 0.05) is 18.0 Å². The van der Waals surface area contributed by atoms with Gasteiger partial charge in [-0.25, -0.2) is 14.4 Å². The van der Waals surface area contributed by atoms with Gasteiger partial charge >= 0.3 is 18.2 Å². The van der Waals surface area contributed by atoms with Gasteiger partial charge in [0.05, 0.1) is 5.52 Å². The molecule has 1 aromatic heterocycles. The van der Waals surface area contributed by atoms with Gasteiger partial charge in [-0.2, -0.15) is 0 Å². The first-order chi connectivity index (χ1) is 18.2. The molecule has 38 heavy (non-hydrogen) atoms. The molecule has 1 aliphatic carbocycles. The molecule has 1 atom stereocenters. The molecular weight excluding hydrogens is 484 g/mol. The summed E-state index contributed by atoms with van der Waals surface area (Å²) in [4.78, 5) is 38.9. The van der Waals surface area contributed by atoms with Crippen LogP contribution >= 0.6 is 0 Å². The second-order valence-electron chi connectivity index (χ2n) is 10.7. The lowest BCUT2D eigenvalue weighted by molar-refractivity contribution is -0.147. The highest BCUT2D eigenvalue weighted by atomic mass is 16.6. The Balaban J connectivity index is 1.56. The lowest BCUT2D eigenvalue weighted by Crippen LogP contribution is -2.45. The highest BCUT2D eigenvalue weighted by Gasteiger charge is 2.28. The standard InChI is InChI=1S/C30H36N2O6/c1-30(2,3)38-28(34)31-25(27(33)36-20-21-12-6-4-7-13-21)18-22-19-32(26-17-11-10-16-24(22)26)29(35)37-23-14-8-5-9-15-23/h4,6-7,10-13,16-17,19,23,25H,5,8-9,14-15,18,20H2,1-3H3,(H,31,34)/t25-/m0/s1. The zero-order valence-corrected chi connectivity index (χ0v) is 22.3. The third-order valence-electron chi connectivity index (χ3n) is 6.43. The van der Waals surface area contributed by atoms with Crippen LogP contribution in [0.25, 0.3) is 10.9 Å². The first kappa shape index (κ1) is 27.2. The number of fused-ring (bicyclic) bond motifs is 1. The van der Waals surface area contributed by atoms with E-state index >= 15 is 0 Å². The summed E-state index contributed by atoms with van der Waals surface area (Å²) < 4.78 is 18.2. The summed E-state index contributed by atoms with van der Waals surface area (Å²) in [6, 6.07) is 15.7. The van der Waals surface area contributed by atoms with E-state index in [4.69, 9.17) is 14.2 Å². The van der Waals surface area contributed by atoms with E-state index in [0.717, 1.165) is 43.1 Å². The fourth-order valence-corrected chi connectivity index (χ4v) is 4.64. The van der Waals surface area contributed by atoms with Crippen molar-refractivity contribution in [3.63, 3.8) is 0 Å². The van der Waals surface area contributed by atoms with Crippen molar-refractivity contribution in [1.82, 2.24) is 9.88 Å². The number of hydrogen-bond donors (Lipinski definition) is 1. The van der Waals surface area contributed by atoms with E-state index in [1.54, 1.807) is 27.0 Å². The van der Waals surface area contributed by atoms with Crippen LogP contribution in [0.1, 0.15) is 64.0 Å². The molecule has 1 saturated carbocycles. The Labute approximate surface area is 223 Å². The largest absolute Gasteiger partial charge is 0.459 e. The predicted octanol–water partition coefficient (Wildman–Crippen LogP) is 6.14. The maximum Gasteiger partial charge on any atom is 0.418 e. The molecule has 0 unspecified atom stereocenters. The molecule has 3 aromatic rings. The van der Waals surface area contributed by atoms with E-state index in [0.29, 0.717) is 11.1 Å². The number of alkyl carbamates (subject to hydrolysis) is 1. The van der Waals surface area contributed by atoms with Crippen LogP contribution in [0.4, 0.5) is 9.59 Å². The normalized spacial score (nSPS) is 15.0. The van der Waals surface area contributed by atoms with Crippen LogP contribution in [0.3, 0.4) is 0 Å². The number of para-hydroxylation sites is 1. The lowest BCUT2D eigenvalue weighted by atomic mass is 9.98. The van der Waals surface area contributed by atoms with Crippen LogP contribution in [-0.2, 0) is 32.0 Å². The minimum absolute atomic E-state index is 0.0711. The molecule has 1 fully saturated rings. The molecule has 0 saturated heterocycles. The smallest absolute Gasteiger partial charge is 0.418 e. The zero-order valence-electron chi connectivity index (χ0n) is 22.3. The minimum Gasteiger partial charge on any atom is -0.459 e. The number of esters is 1. The molecule has 1 aliphatic rings. The van der Waals surface area contributed by atoms with E-state index < -0.39 is 29.8 Å². The highest BCUT2D eigenvalue weighted by molar-refractivity contribution is 5.92. The van der Waals surface area contributed by atoms with E-state index in [2.05, 4.69) is 5.32 Å². The average molecular weight is 521 g/mol. The second-order valence-corrected chi connectivity index (χ2v) is 10.7. The summed E-state index contributed by atoms with van der Waals surface area (Å²) in [6.45, 7) is 5.32. The number of hydrogen-bond acceptors (Lipinski definition) is 6. The Morgan fingerprint density at radius 2 is 1.66 bits per heavy atom. The molecule has 1 N–H and O–H groups in total. The van der Waals surface area contributed by atoms with Crippen molar-refractivity contribution >= 4 is 29.1 Å². The van der Waals surface area contributed by atoms with Crippen molar-refractivity contribution in [3.8, 4) is 0 Å². The Kier molecular flexibility index (Phi) is 8.71. The van der Waals surface area contributed by atoms with Crippen molar-refractivity contribution in [2.24, 2.45) is 0 Å². The molecular formula is C30H36N2O6. The third-order valence-corrected chi connectivity index (χ3v) is 6.43. The van der Waals surface area contributed by atoms with Crippen LogP contribution < -0.4 is 5.32 Å².